The Morgan fingerprint density at radius 1 is 1.21 bits per heavy atom. The van der Waals surface area contributed by atoms with E-state index in [1.807, 2.05) is 12.1 Å². The Kier molecular flexibility index (Phi) is 4.97. The predicted octanol–water partition coefficient (Wildman–Crippen LogP) is 4.74. The summed E-state index contributed by atoms with van der Waals surface area (Å²) in [7, 11) is 0. The van der Waals surface area contributed by atoms with Crippen LogP contribution in [0.15, 0.2) is 59.2 Å². The van der Waals surface area contributed by atoms with Crippen molar-refractivity contribution in [1.29, 1.82) is 0 Å². The molecule has 1 N–H and O–H groups in total. The van der Waals surface area contributed by atoms with Crippen molar-refractivity contribution in [2.75, 3.05) is 5.32 Å². The molecule has 4 nitrogen and oxygen atoms in total. The van der Waals surface area contributed by atoms with Crippen LogP contribution >= 0.6 is 27.5 Å². The molecule has 24 heavy (non-hydrogen) atoms. The number of amides is 1. The second-order valence-corrected chi connectivity index (χ2v) is 6.37. The highest BCUT2D eigenvalue weighted by Crippen LogP contribution is 2.22. The van der Waals surface area contributed by atoms with Crippen molar-refractivity contribution in [3.8, 4) is 0 Å². The van der Waals surface area contributed by atoms with Gasteiger partial charge in [0.25, 0.3) is 5.91 Å². The number of carbonyl (C=O) groups excluding carboxylic acids is 1. The van der Waals surface area contributed by atoms with Crippen LogP contribution in [0.2, 0.25) is 5.02 Å². The van der Waals surface area contributed by atoms with Gasteiger partial charge >= 0.3 is 0 Å². The number of benzene rings is 2. The van der Waals surface area contributed by atoms with Gasteiger partial charge in [0.1, 0.15) is 5.82 Å². The van der Waals surface area contributed by atoms with Crippen LogP contribution in [0.25, 0.3) is 0 Å². The number of nitrogens with one attached hydrogen (secondary N) is 1. The van der Waals surface area contributed by atoms with Crippen LogP contribution in [0, 0.1) is 5.82 Å². The van der Waals surface area contributed by atoms with E-state index in [1.165, 1.54) is 18.2 Å². The third-order valence-corrected chi connectivity index (χ3v) is 4.16. The zero-order chi connectivity index (χ0) is 17.1. The van der Waals surface area contributed by atoms with Crippen LogP contribution in [0.5, 0.6) is 0 Å². The van der Waals surface area contributed by atoms with Gasteiger partial charge in [0, 0.05) is 11.2 Å². The number of hydrogen-bond donors (Lipinski definition) is 1. The molecule has 3 rings (SSSR count). The highest BCUT2D eigenvalue weighted by atomic mass is 79.9. The van der Waals surface area contributed by atoms with Crippen LogP contribution in [0.3, 0.4) is 0 Å². The first-order valence-corrected chi connectivity index (χ1v) is 8.23. The normalized spacial score (nSPS) is 10.6. The third kappa shape index (κ3) is 3.83. The molecule has 1 amide bonds. The average molecular weight is 409 g/mol. The van der Waals surface area contributed by atoms with E-state index >= 15 is 0 Å². The highest BCUT2D eigenvalue weighted by molar-refractivity contribution is 9.10. The summed E-state index contributed by atoms with van der Waals surface area (Å²) in [6.45, 7) is 0.519. The van der Waals surface area contributed by atoms with E-state index < -0.39 is 11.7 Å². The van der Waals surface area contributed by atoms with Gasteiger partial charge in [-0.15, -0.1) is 0 Å². The SMILES string of the molecule is O=C(Nc1nn(Cc2ccc(Cl)cc2)cc1Br)c1ccccc1F. The third-order valence-electron chi connectivity index (χ3n) is 3.33. The average Bonchev–Trinajstić information content (AvgIpc) is 2.89. The molecule has 0 spiro atoms. The van der Waals surface area contributed by atoms with Gasteiger partial charge in [0.2, 0.25) is 0 Å². The molecule has 0 atom stereocenters. The van der Waals surface area contributed by atoms with Crippen molar-refractivity contribution in [1.82, 2.24) is 9.78 Å². The van der Waals surface area contributed by atoms with Crippen molar-refractivity contribution in [3.05, 3.63) is 81.2 Å². The minimum absolute atomic E-state index is 0.0309. The Labute approximate surface area is 151 Å². The summed E-state index contributed by atoms with van der Waals surface area (Å²) < 4.78 is 15.9. The van der Waals surface area contributed by atoms with Gasteiger partial charge in [0.05, 0.1) is 16.6 Å². The molecule has 0 unspecified atom stereocenters. The van der Waals surface area contributed by atoms with Crippen molar-refractivity contribution in [2.45, 2.75) is 6.54 Å². The summed E-state index contributed by atoms with van der Waals surface area (Å²) in [5.41, 5.74) is 0.984. The van der Waals surface area contributed by atoms with E-state index in [0.717, 1.165) is 5.56 Å². The zero-order valence-corrected chi connectivity index (χ0v) is 14.7. The molecule has 7 heteroatoms. The maximum absolute atomic E-state index is 13.7. The maximum atomic E-state index is 13.7. The van der Waals surface area contributed by atoms with Crippen molar-refractivity contribution >= 4 is 39.3 Å². The number of aromatic nitrogens is 2. The Morgan fingerprint density at radius 3 is 2.62 bits per heavy atom. The minimum atomic E-state index is -0.577. The van der Waals surface area contributed by atoms with Gasteiger partial charge in [-0.05, 0) is 45.8 Å². The first kappa shape index (κ1) is 16.7. The first-order chi connectivity index (χ1) is 11.5. The lowest BCUT2D eigenvalue weighted by Crippen LogP contribution is -2.14. The molecule has 0 aliphatic rings. The lowest BCUT2D eigenvalue weighted by Gasteiger charge is -2.04. The Morgan fingerprint density at radius 2 is 1.92 bits per heavy atom. The highest BCUT2D eigenvalue weighted by Gasteiger charge is 2.15. The molecule has 1 heterocycles. The van der Waals surface area contributed by atoms with Crippen molar-refractivity contribution in [2.24, 2.45) is 0 Å². The number of hydrogen-bond acceptors (Lipinski definition) is 2. The van der Waals surface area contributed by atoms with Crippen LogP contribution in [0.4, 0.5) is 10.2 Å². The molecule has 0 radical (unpaired) electrons. The molecule has 0 saturated heterocycles. The smallest absolute Gasteiger partial charge is 0.259 e. The summed E-state index contributed by atoms with van der Waals surface area (Å²) in [6.07, 6.45) is 1.74. The Bertz CT molecular complexity index is 880. The summed E-state index contributed by atoms with van der Waals surface area (Å²) in [6, 6.07) is 13.2. The molecule has 3 aromatic rings. The predicted molar refractivity (Wildman–Crippen MR) is 94.8 cm³/mol. The van der Waals surface area contributed by atoms with E-state index in [9.17, 15) is 9.18 Å². The Hall–Kier alpha value is -2.18. The number of carbonyl (C=O) groups is 1. The fourth-order valence-electron chi connectivity index (χ4n) is 2.16. The summed E-state index contributed by atoms with van der Waals surface area (Å²) in [4.78, 5) is 12.2. The van der Waals surface area contributed by atoms with E-state index in [-0.39, 0.29) is 5.56 Å². The molecular formula is C17H12BrClFN3O. The molecule has 0 bridgehead atoms. The lowest BCUT2D eigenvalue weighted by molar-refractivity contribution is 0.102. The molecule has 0 aliphatic heterocycles. The largest absolute Gasteiger partial charge is 0.304 e. The van der Waals surface area contributed by atoms with Gasteiger partial charge in [-0.3, -0.25) is 9.48 Å². The topological polar surface area (TPSA) is 46.9 Å². The van der Waals surface area contributed by atoms with Gasteiger partial charge < -0.3 is 5.32 Å². The monoisotopic (exact) mass is 407 g/mol. The molecular weight excluding hydrogens is 397 g/mol. The van der Waals surface area contributed by atoms with E-state index in [0.29, 0.717) is 21.9 Å². The quantitative estimate of drug-likeness (QED) is 0.678. The van der Waals surface area contributed by atoms with Gasteiger partial charge in [-0.1, -0.05) is 35.9 Å². The minimum Gasteiger partial charge on any atom is -0.304 e. The number of halogens is 3. The summed E-state index contributed by atoms with van der Waals surface area (Å²) >= 11 is 9.21. The first-order valence-electron chi connectivity index (χ1n) is 7.06. The van der Waals surface area contributed by atoms with E-state index in [2.05, 4.69) is 26.3 Å². The molecule has 0 aliphatic carbocycles. The van der Waals surface area contributed by atoms with Crippen LogP contribution in [-0.2, 0) is 6.54 Å². The fourth-order valence-corrected chi connectivity index (χ4v) is 2.70. The number of rotatable bonds is 4. The standard InChI is InChI=1S/C17H12BrClFN3O/c18-14-10-23(9-11-5-7-12(19)8-6-11)22-16(14)21-17(24)13-3-1-2-4-15(13)20/h1-8,10H,9H2,(H,21,22,24). The number of nitrogens with zero attached hydrogens (tertiary/aromatic N) is 2. The lowest BCUT2D eigenvalue weighted by atomic mass is 10.2. The summed E-state index contributed by atoms with van der Waals surface area (Å²) in [5.74, 6) is -0.797. The zero-order valence-electron chi connectivity index (χ0n) is 12.3. The number of anilines is 1. The van der Waals surface area contributed by atoms with Gasteiger partial charge in [0.15, 0.2) is 5.82 Å². The van der Waals surface area contributed by atoms with E-state index in [4.69, 9.17) is 11.6 Å². The van der Waals surface area contributed by atoms with Crippen LogP contribution < -0.4 is 5.32 Å². The molecule has 1 aromatic heterocycles. The van der Waals surface area contributed by atoms with Crippen molar-refractivity contribution in [3.63, 3.8) is 0 Å². The van der Waals surface area contributed by atoms with Crippen LogP contribution in [0.1, 0.15) is 15.9 Å². The second-order valence-electron chi connectivity index (χ2n) is 5.08. The maximum Gasteiger partial charge on any atom is 0.259 e. The molecule has 122 valence electrons. The molecule has 2 aromatic carbocycles. The Balaban J connectivity index is 1.75. The van der Waals surface area contributed by atoms with Crippen LogP contribution in [-0.4, -0.2) is 15.7 Å². The fraction of sp³-hybridized carbons (Fsp3) is 0.0588. The van der Waals surface area contributed by atoms with Gasteiger partial charge in [-0.25, -0.2) is 4.39 Å². The summed E-state index contributed by atoms with van der Waals surface area (Å²) in [5, 5.41) is 7.57. The van der Waals surface area contributed by atoms with Crippen molar-refractivity contribution < 1.29 is 9.18 Å². The molecule has 0 fully saturated rings. The van der Waals surface area contributed by atoms with Gasteiger partial charge in [-0.2, -0.15) is 5.10 Å². The second kappa shape index (κ2) is 7.15. The molecule has 0 saturated carbocycles. The van der Waals surface area contributed by atoms with E-state index in [1.54, 1.807) is 29.1 Å².